The first-order valence-corrected chi connectivity index (χ1v) is 10.2. The molecule has 1 aliphatic carbocycles. The van der Waals surface area contributed by atoms with E-state index in [0.29, 0.717) is 5.02 Å². The van der Waals surface area contributed by atoms with Crippen LogP contribution < -0.4 is 4.72 Å². The van der Waals surface area contributed by atoms with E-state index < -0.39 is 10.0 Å². The lowest BCUT2D eigenvalue weighted by molar-refractivity contribution is 0.501. The second kappa shape index (κ2) is 6.16. The van der Waals surface area contributed by atoms with Crippen LogP contribution in [0.15, 0.2) is 47.4 Å². The summed E-state index contributed by atoms with van der Waals surface area (Å²) in [5, 5.41) is 1.72. The molecule has 4 rings (SSSR count). The zero-order chi connectivity index (χ0) is 17.6. The number of hydrogen-bond donors (Lipinski definition) is 2. The fourth-order valence-corrected chi connectivity index (χ4v) is 4.93. The normalized spacial score (nSPS) is 17.6. The van der Waals surface area contributed by atoms with E-state index in [9.17, 15) is 8.42 Å². The van der Waals surface area contributed by atoms with Gasteiger partial charge in [-0.1, -0.05) is 23.2 Å². The molecule has 25 heavy (non-hydrogen) atoms. The van der Waals surface area contributed by atoms with Crippen molar-refractivity contribution in [2.75, 3.05) is 0 Å². The molecule has 2 N–H and O–H groups in total. The van der Waals surface area contributed by atoms with E-state index in [2.05, 4.69) is 34.8 Å². The van der Waals surface area contributed by atoms with Crippen molar-refractivity contribution < 1.29 is 8.42 Å². The molecule has 1 atom stereocenters. The summed E-state index contributed by atoms with van der Waals surface area (Å²) < 4.78 is 28.3. The van der Waals surface area contributed by atoms with Gasteiger partial charge in [0.1, 0.15) is 0 Å². The molecule has 0 radical (unpaired) electrons. The Balaban J connectivity index is 1.71. The molecule has 1 aromatic heterocycles. The minimum atomic E-state index is -3.59. The van der Waals surface area contributed by atoms with Crippen molar-refractivity contribution in [3.63, 3.8) is 0 Å². The van der Waals surface area contributed by atoms with Gasteiger partial charge in [0.25, 0.3) is 0 Å². The summed E-state index contributed by atoms with van der Waals surface area (Å²) in [6.45, 7) is 2.07. The molecule has 4 nitrogen and oxygen atoms in total. The van der Waals surface area contributed by atoms with Gasteiger partial charge in [-0.25, -0.2) is 13.1 Å². The molecule has 130 valence electrons. The molecule has 0 bridgehead atoms. The molecule has 1 heterocycles. The van der Waals surface area contributed by atoms with Crippen LogP contribution in [-0.4, -0.2) is 13.4 Å². The number of sulfonamides is 1. The van der Waals surface area contributed by atoms with Crippen LogP contribution in [0.3, 0.4) is 0 Å². The van der Waals surface area contributed by atoms with Crippen LogP contribution in [0.2, 0.25) is 5.02 Å². The summed E-state index contributed by atoms with van der Waals surface area (Å²) in [7, 11) is -3.59. The quantitative estimate of drug-likeness (QED) is 0.709. The maximum absolute atomic E-state index is 12.7. The lowest BCUT2D eigenvalue weighted by Gasteiger charge is -2.23. The molecule has 0 amide bonds. The van der Waals surface area contributed by atoms with Gasteiger partial charge in [-0.3, -0.25) is 0 Å². The Kier molecular flexibility index (Phi) is 4.10. The second-order valence-electron chi connectivity index (χ2n) is 6.59. The van der Waals surface area contributed by atoms with Crippen LogP contribution >= 0.6 is 11.6 Å². The van der Waals surface area contributed by atoms with E-state index in [0.717, 1.165) is 30.5 Å². The molecule has 2 aromatic carbocycles. The van der Waals surface area contributed by atoms with Crippen molar-refractivity contribution >= 4 is 32.5 Å². The van der Waals surface area contributed by atoms with Crippen molar-refractivity contribution in [2.45, 2.75) is 37.1 Å². The summed E-state index contributed by atoms with van der Waals surface area (Å²) in [6, 6.07) is 12.3. The van der Waals surface area contributed by atoms with Crippen LogP contribution in [0.5, 0.6) is 0 Å². The van der Waals surface area contributed by atoms with Crippen LogP contribution in [-0.2, 0) is 16.4 Å². The summed E-state index contributed by atoms with van der Waals surface area (Å²) in [6.07, 6.45) is 2.71. The topological polar surface area (TPSA) is 62.0 Å². The summed E-state index contributed by atoms with van der Waals surface area (Å²) >= 11 is 5.86. The number of hydrogen-bond acceptors (Lipinski definition) is 2. The highest BCUT2D eigenvalue weighted by Gasteiger charge is 2.28. The van der Waals surface area contributed by atoms with Crippen LogP contribution in [0.4, 0.5) is 0 Å². The predicted octanol–water partition coefficient (Wildman–Crippen LogP) is 4.49. The van der Waals surface area contributed by atoms with Crippen molar-refractivity contribution in [2.24, 2.45) is 0 Å². The Bertz CT molecular complexity index is 1040. The van der Waals surface area contributed by atoms with Gasteiger partial charge < -0.3 is 4.98 Å². The first-order chi connectivity index (χ1) is 11.9. The molecule has 6 heteroatoms. The SMILES string of the molecule is Cc1ccc2[nH]c3c(c2c1)CCCC3NS(=O)(=O)c1ccc(Cl)cc1. The summed E-state index contributed by atoms with van der Waals surface area (Å²) in [5.74, 6) is 0. The molecule has 0 saturated carbocycles. The van der Waals surface area contributed by atoms with Gasteiger partial charge >= 0.3 is 0 Å². The standard InChI is InChI=1S/C19H19ClN2O2S/c1-12-5-10-17-16(11-12)15-3-2-4-18(19(15)21-17)22-25(23,24)14-8-6-13(20)7-9-14/h5-11,18,21-22H,2-4H2,1H3. The van der Waals surface area contributed by atoms with Gasteiger partial charge in [0.2, 0.25) is 10.0 Å². The van der Waals surface area contributed by atoms with Crippen molar-refractivity contribution in [3.8, 4) is 0 Å². The minimum absolute atomic E-state index is 0.232. The molecular formula is C19H19ClN2O2S. The van der Waals surface area contributed by atoms with Crippen LogP contribution in [0, 0.1) is 6.92 Å². The average Bonchev–Trinajstić information content (AvgIpc) is 2.94. The third-order valence-corrected chi connectivity index (χ3v) is 6.52. The van der Waals surface area contributed by atoms with Crippen LogP contribution in [0.1, 0.15) is 35.7 Å². The summed E-state index contributed by atoms with van der Waals surface area (Å²) in [5.41, 5.74) is 4.49. The average molecular weight is 375 g/mol. The Labute approximate surface area is 152 Å². The van der Waals surface area contributed by atoms with Crippen molar-refractivity contribution in [1.29, 1.82) is 0 Å². The monoisotopic (exact) mass is 374 g/mol. The van der Waals surface area contributed by atoms with E-state index in [-0.39, 0.29) is 10.9 Å². The minimum Gasteiger partial charge on any atom is -0.357 e. The molecule has 0 spiro atoms. The lowest BCUT2D eigenvalue weighted by atomic mass is 9.92. The molecule has 0 fully saturated rings. The van der Waals surface area contributed by atoms with Gasteiger partial charge in [-0.15, -0.1) is 0 Å². The van der Waals surface area contributed by atoms with E-state index in [1.165, 1.54) is 28.6 Å². The van der Waals surface area contributed by atoms with Gasteiger partial charge in [0.15, 0.2) is 0 Å². The maximum atomic E-state index is 12.7. The zero-order valence-corrected chi connectivity index (χ0v) is 15.4. The first kappa shape index (κ1) is 16.6. The Hall–Kier alpha value is -1.82. The number of aromatic nitrogens is 1. The molecule has 3 aromatic rings. The number of nitrogens with one attached hydrogen (secondary N) is 2. The van der Waals surface area contributed by atoms with Gasteiger partial charge in [-0.2, -0.15) is 0 Å². The Morgan fingerprint density at radius 1 is 1.16 bits per heavy atom. The lowest BCUT2D eigenvalue weighted by Crippen LogP contribution is -2.31. The van der Waals surface area contributed by atoms with Gasteiger partial charge in [0.05, 0.1) is 10.9 Å². The number of halogens is 1. The van der Waals surface area contributed by atoms with E-state index in [1.807, 2.05) is 0 Å². The van der Waals surface area contributed by atoms with E-state index in [4.69, 9.17) is 11.6 Å². The second-order valence-corrected chi connectivity index (χ2v) is 8.74. The number of benzene rings is 2. The Morgan fingerprint density at radius 3 is 2.68 bits per heavy atom. The molecule has 0 saturated heterocycles. The number of rotatable bonds is 3. The highest BCUT2D eigenvalue weighted by Crippen LogP contribution is 2.36. The highest BCUT2D eigenvalue weighted by atomic mass is 35.5. The van der Waals surface area contributed by atoms with Crippen molar-refractivity contribution in [3.05, 3.63) is 64.3 Å². The number of fused-ring (bicyclic) bond motifs is 3. The summed E-state index contributed by atoms with van der Waals surface area (Å²) in [4.78, 5) is 3.66. The maximum Gasteiger partial charge on any atom is 0.241 e. The molecule has 1 unspecified atom stereocenters. The largest absolute Gasteiger partial charge is 0.357 e. The molecule has 0 aliphatic heterocycles. The molecular weight excluding hydrogens is 356 g/mol. The molecule has 1 aliphatic rings. The smallest absolute Gasteiger partial charge is 0.241 e. The fraction of sp³-hybridized carbons (Fsp3) is 0.263. The zero-order valence-electron chi connectivity index (χ0n) is 13.8. The fourth-order valence-electron chi connectivity index (χ4n) is 3.56. The predicted molar refractivity (Wildman–Crippen MR) is 100 cm³/mol. The third-order valence-electron chi connectivity index (χ3n) is 4.78. The number of aromatic amines is 1. The number of aryl methyl sites for hydroxylation is 2. The van der Waals surface area contributed by atoms with E-state index in [1.54, 1.807) is 12.1 Å². The first-order valence-electron chi connectivity index (χ1n) is 8.33. The van der Waals surface area contributed by atoms with Gasteiger partial charge in [0, 0.05) is 21.6 Å². The van der Waals surface area contributed by atoms with Crippen LogP contribution in [0.25, 0.3) is 10.9 Å². The highest BCUT2D eigenvalue weighted by molar-refractivity contribution is 7.89. The number of H-pyrrole nitrogens is 1. The van der Waals surface area contributed by atoms with Gasteiger partial charge in [-0.05, 0) is 68.1 Å². The van der Waals surface area contributed by atoms with Crippen molar-refractivity contribution in [1.82, 2.24) is 9.71 Å². The third kappa shape index (κ3) is 3.08. The van der Waals surface area contributed by atoms with E-state index >= 15 is 0 Å². The Morgan fingerprint density at radius 2 is 1.92 bits per heavy atom.